The lowest BCUT2D eigenvalue weighted by molar-refractivity contribution is -0.123. The fourth-order valence-electron chi connectivity index (χ4n) is 2.35. The van der Waals surface area contributed by atoms with E-state index >= 15 is 0 Å². The summed E-state index contributed by atoms with van der Waals surface area (Å²) in [7, 11) is 0. The highest BCUT2D eigenvalue weighted by molar-refractivity contribution is 5.80. The first-order chi connectivity index (χ1) is 6.84. The molecular weight excluding hydrogens is 172 g/mol. The van der Waals surface area contributed by atoms with E-state index in [4.69, 9.17) is 0 Å². The van der Waals surface area contributed by atoms with Crippen LogP contribution < -0.4 is 0 Å². The maximum absolute atomic E-state index is 11.8. The summed E-state index contributed by atoms with van der Waals surface area (Å²) < 4.78 is 0. The van der Waals surface area contributed by atoms with E-state index in [1.165, 1.54) is 51.4 Å². The number of unbranched alkanes of at least 4 members (excludes halogenated alkanes) is 2. The Morgan fingerprint density at radius 1 is 1.07 bits per heavy atom. The zero-order valence-corrected chi connectivity index (χ0v) is 9.56. The molecule has 82 valence electrons. The van der Waals surface area contributed by atoms with Crippen molar-refractivity contribution in [2.45, 2.75) is 71.1 Å². The van der Waals surface area contributed by atoms with Crippen LogP contribution in [-0.2, 0) is 4.79 Å². The Kier molecular flexibility index (Phi) is 5.89. The molecule has 1 rings (SSSR count). The zero-order chi connectivity index (χ0) is 10.2. The molecule has 1 heteroatoms. The standard InChI is InChI=1S/C13H24O/c1-2-3-6-11-13(14)12-9-7-4-5-8-10-12/h12H,2-11H2,1H3. The van der Waals surface area contributed by atoms with Crippen molar-refractivity contribution in [2.75, 3.05) is 0 Å². The molecule has 1 nitrogen and oxygen atoms in total. The lowest BCUT2D eigenvalue weighted by Gasteiger charge is -2.11. The molecule has 0 aliphatic heterocycles. The SMILES string of the molecule is CCCCCC(=O)C1CCCCCC1. The fourth-order valence-corrected chi connectivity index (χ4v) is 2.35. The molecule has 0 aromatic rings. The average molecular weight is 196 g/mol. The lowest BCUT2D eigenvalue weighted by atomic mass is 9.92. The van der Waals surface area contributed by atoms with E-state index in [0.29, 0.717) is 11.7 Å². The summed E-state index contributed by atoms with van der Waals surface area (Å²) in [4.78, 5) is 11.8. The van der Waals surface area contributed by atoms with Gasteiger partial charge in [0.25, 0.3) is 0 Å². The van der Waals surface area contributed by atoms with E-state index in [9.17, 15) is 4.79 Å². The smallest absolute Gasteiger partial charge is 0.135 e. The van der Waals surface area contributed by atoms with Gasteiger partial charge in [-0.25, -0.2) is 0 Å². The van der Waals surface area contributed by atoms with E-state index in [1.807, 2.05) is 0 Å². The average Bonchev–Trinajstić information content (AvgIpc) is 2.46. The number of hydrogen-bond donors (Lipinski definition) is 0. The van der Waals surface area contributed by atoms with Crippen molar-refractivity contribution < 1.29 is 4.79 Å². The summed E-state index contributed by atoms with van der Waals surface area (Å²) in [6.45, 7) is 2.19. The normalized spacial score (nSPS) is 19.2. The molecule has 1 saturated carbocycles. The molecule has 0 aromatic heterocycles. The van der Waals surface area contributed by atoms with Crippen LogP contribution in [0.25, 0.3) is 0 Å². The Balaban J connectivity index is 2.20. The molecule has 1 fully saturated rings. The third-order valence-corrected chi connectivity index (χ3v) is 3.34. The van der Waals surface area contributed by atoms with Crippen LogP contribution in [0.3, 0.4) is 0 Å². The first-order valence-corrected chi connectivity index (χ1v) is 6.37. The molecule has 0 N–H and O–H groups in total. The second-order valence-corrected chi connectivity index (χ2v) is 4.61. The third-order valence-electron chi connectivity index (χ3n) is 3.34. The van der Waals surface area contributed by atoms with Gasteiger partial charge < -0.3 is 0 Å². The first-order valence-electron chi connectivity index (χ1n) is 6.37. The van der Waals surface area contributed by atoms with E-state index in [2.05, 4.69) is 6.92 Å². The molecular formula is C13H24O. The summed E-state index contributed by atoms with van der Waals surface area (Å²) in [6.07, 6.45) is 12.0. The Morgan fingerprint density at radius 2 is 1.71 bits per heavy atom. The van der Waals surface area contributed by atoms with Crippen LogP contribution in [0.2, 0.25) is 0 Å². The van der Waals surface area contributed by atoms with Crippen molar-refractivity contribution in [1.29, 1.82) is 0 Å². The molecule has 0 aromatic carbocycles. The van der Waals surface area contributed by atoms with Crippen molar-refractivity contribution in [3.8, 4) is 0 Å². The van der Waals surface area contributed by atoms with E-state index in [1.54, 1.807) is 0 Å². The van der Waals surface area contributed by atoms with Crippen molar-refractivity contribution in [3.63, 3.8) is 0 Å². The summed E-state index contributed by atoms with van der Waals surface area (Å²) in [5.74, 6) is 0.981. The van der Waals surface area contributed by atoms with Crippen LogP contribution in [0, 0.1) is 5.92 Å². The Hall–Kier alpha value is -0.330. The molecule has 0 amide bonds. The summed E-state index contributed by atoms with van der Waals surface area (Å²) in [5.41, 5.74) is 0. The zero-order valence-electron chi connectivity index (χ0n) is 9.56. The van der Waals surface area contributed by atoms with Gasteiger partial charge >= 0.3 is 0 Å². The second-order valence-electron chi connectivity index (χ2n) is 4.61. The van der Waals surface area contributed by atoms with E-state index < -0.39 is 0 Å². The third kappa shape index (κ3) is 4.26. The van der Waals surface area contributed by atoms with Gasteiger partial charge in [-0.1, -0.05) is 45.4 Å². The number of rotatable bonds is 5. The van der Waals surface area contributed by atoms with Gasteiger partial charge in [0.1, 0.15) is 5.78 Å². The minimum absolute atomic E-state index is 0.425. The maximum atomic E-state index is 11.8. The van der Waals surface area contributed by atoms with Crippen LogP contribution in [0.15, 0.2) is 0 Å². The van der Waals surface area contributed by atoms with Gasteiger partial charge in [0.15, 0.2) is 0 Å². The molecule has 1 aliphatic rings. The predicted octanol–water partition coefficient (Wildman–Crippen LogP) is 4.11. The van der Waals surface area contributed by atoms with Gasteiger partial charge in [0.2, 0.25) is 0 Å². The molecule has 0 unspecified atom stereocenters. The van der Waals surface area contributed by atoms with Crippen molar-refractivity contribution in [2.24, 2.45) is 5.92 Å². The van der Waals surface area contributed by atoms with Gasteiger partial charge in [-0.15, -0.1) is 0 Å². The van der Waals surface area contributed by atoms with Gasteiger partial charge in [0, 0.05) is 12.3 Å². The van der Waals surface area contributed by atoms with Crippen LogP contribution >= 0.6 is 0 Å². The second kappa shape index (κ2) is 7.03. The molecule has 0 radical (unpaired) electrons. The minimum Gasteiger partial charge on any atom is -0.299 e. The van der Waals surface area contributed by atoms with E-state index in [-0.39, 0.29) is 0 Å². The van der Waals surface area contributed by atoms with Gasteiger partial charge in [0.05, 0.1) is 0 Å². The monoisotopic (exact) mass is 196 g/mol. The fraction of sp³-hybridized carbons (Fsp3) is 0.923. The number of hydrogen-bond acceptors (Lipinski definition) is 1. The summed E-state index contributed by atoms with van der Waals surface area (Å²) in [5, 5.41) is 0. The minimum atomic E-state index is 0.425. The van der Waals surface area contributed by atoms with Crippen LogP contribution in [-0.4, -0.2) is 5.78 Å². The maximum Gasteiger partial charge on any atom is 0.135 e. The lowest BCUT2D eigenvalue weighted by Crippen LogP contribution is -2.13. The van der Waals surface area contributed by atoms with Crippen LogP contribution in [0.5, 0.6) is 0 Å². The number of Topliss-reactive ketones (excluding diaryl/α,β-unsaturated/α-hetero) is 1. The molecule has 1 aliphatic carbocycles. The molecule has 0 heterocycles. The Labute approximate surface area is 88.3 Å². The Bertz CT molecular complexity index is 155. The van der Waals surface area contributed by atoms with Crippen LogP contribution in [0.1, 0.15) is 71.1 Å². The van der Waals surface area contributed by atoms with Gasteiger partial charge in [-0.3, -0.25) is 4.79 Å². The molecule has 0 saturated heterocycles. The van der Waals surface area contributed by atoms with Gasteiger partial charge in [-0.05, 0) is 19.3 Å². The molecule has 0 bridgehead atoms. The van der Waals surface area contributed by atoms with Crippen LogP contribution in [0.4, 0.5) is 0 Å². The largest absolute Gasteiger partial charge is 0.299 e. The van der Waals surface area contributed by atoms with Crippen molar-refractivity contribution in [1.82, 2.24) is 0 Å². The first kappa shape index (κ1) is 11.7. The predicted molar refractivity (Wildman–Crippen MR) is 60.3 cm³/mol. The molecule has 0 atom stereocenters. The number of carbonyl (C=O) groups is 1. The molecule has 0 spiro atoms. The number of carbonyl (C=O) groups excluding carboxylic acids is 1. The summed E-state index contributed by atoms with van der Waals surface area (Å²) >= 11 is 0. The topological polar surface area (TPSA) is 17.1 Å². The highest BCUT2D eigenvalue weighted by Crippen LogP contribution is 2.25. The highest BCUT2D eigenvalue weighted by atomic mass is 16.1. The van der Waals surface area contributed by atoms with Crippen molar-refractivity contribution >= 4 is 5.78 Å². The van der Waals surface area contributed by atoms with Crippen molar-refractivity contribution in [3.05, 3.63) is 0 Å². The Morgan fingerprint density at radius 3 is 2.29 bits per heavy atom. The highest BCUT2D eigenvalue weighted by Gasteiger charge is 2.18. The summed E-state index contributed by atoms with van der Waals surface area (Å²) in [6, 6.07) is 0. The van der Waals surface area contributed by atoms with Gasteiger partial charge in [-0.2, -0.15) is 0 Å². The van der Waals surface area contributed by atoms with E-state index in [0.717, 1.165) is 12.8 Å². The quantitative estimate of drug-likeness (QED) is 0.478. The number of ketones is 1. The molecule has 14 heavy (non-hydrogen) atoms.